The van der Waals surface area contributed by atoms with E-state index in [0.717, 1.165) is 42.4 Å². The van der Waals surface area contributed by atoms with Crippen LogP contribution in [0.5, 0.6) is 0 Å². The number of rotatable bonds is 6. The molecule has 2 aromatic rings. The molecule has 0 radical (unpaired) electrons. The van der Waals surface area contributed by atoms with Crippen LogP contribution in [0, 0.1) is 5.82 Å². The van der Waals surface area contributed by atoms with Crippen molar-refractivity contribution in [3.8, 4) is 0 Å². The molecule has 5 nitrogen and oxygen atoms in total. The number of hydrogen-bond donors (Lipinski definition) is 2. The summed E-state index contributed by atoms with van der Waals surface area (Å²) in [4.78, 5) is 10.9. The van der Waals surface area contributed by atoms with Crippen LogP contribution in [0.15, 0.2) is 47.5 Å². The molecule has 6 heteroatoms. The Hall–Kier alpha value is -2.63. The van der Waals surface area contributed by atoms with Crippen LogP contribution in [0.3, 0.4) is 0 Å². The lowest BCUT2D eigenvalue weighted by Gasteiger charge is -2.19. The fourth-order valence-electron chi connectivity index (χ4n) is 3.00. The molecule has 0 atom stereocenters. The van der Waals surface area contributed by atoms with Crippen molar-refractivity contribution in [3.63, 3.8) is 0 Å². The Labute approximate surface area is 154 Å². The van der Waals surface area contributed by atoms with E-state index >= 15 is 0 Å². The molecule has 0 spiro atoms. The summed E-state index contributed by atoms with van der Waals surface area (Å²) in [7, 11) is 5.70. The first-order valence-corrected chi connectivity index (χ1v) is 8.86. The SMILES string of the molecule is CN=C(NCc1cccc(N(C)C)n1)NCC1(c2cccc(F)c2)CC1. The highest BCUT2D eigenvalue weighted by molar-refractivity contribution is 5.79. The van der Waals surface area contributed by atoms with Gasteiger partial charge >= 0.3 is 0 Å². The lowest BCUT2D eigenvalue weighted by molar-refractivity contribution is 0.607. The van der Waals surface area contributed by atoms with E-state index < -0.39 is 0 Å². The second-order valence-corrected chi connectivity index (χ2v) is 6.95. The van der Waals surface area contributed by atoms with Gasteiger partial charge in [-0.15, -0.1) is 0 Å². The van der Waals surface area contributed by atoms with E-state index in [1.165, 1.54) is 6.07 Å². The van der Waals surface area contributed by atoms with Crippen LogP contribution in [0.4, 0.5) is 10.2 Å². The Balaban J connectivity index is 1.56. The number of benzene rings is 1. The summed E-state index contributed by atoms with van der Waals surface area (Å²) in [6.45, 7) is 1.33. The summed E-state index contributed by atoms with van der Waals surface area (Å²) in [5.74, 6) is 1.48. The van der Waals surface area contributed by atoms with Gasteiger partial charge in [0.2, 0.25) is 0 Å². The molecule has 0 aliphatic heterocycles. The van der Waals surface area contributed by atoms with Crippen molar-refractivity contribution in [1.29, 1.82) is 0 Å². The van der Waals surface area contributed by atoms with Gasteiger partial charge in [-0.05, 0) is 42.7 Å². The van der Waals surface area contributed by atoms with E-state index in [2.05, 4.69) is 20.6 Å². The van der Waals surface area contributed by atoms with Gasteiger partial charge in [0.05, 0.1) is 12.2 Å². The van der Waals surface area contributed by atoms with Crippen molar-refractivity contribution in [2.75, 3.05) is 32.6 Å². The van der Waals surface area contributed by atoms with Crippen LogP contribution in [0.2, 0.25) is 0 Å². The van der Waals surface area contributed by atoms with Gasteiger partial charge in [0.15, 0.2) is 5.96 Å². The van der Waals surface area contributed by atoms with Crippen LogP contribution in [-0.2, 0) is 12.0 Å². The Morgan fingerprint density at radius 2 is 1.96 bits per heavy atom. The molecule has 0 bridgehead atoms. The van der Waals surface area contributed by atoms with E-state index in [1.807, 2.05) is 43.3 Å². The average Bonchev–Trinajstić information content (AvgIpc) is 3.43. The zero-order valence-electron chi connectivity index (χ0n) is 15.6. The van der Waals surface area contributed by atoms with Gasteiger partial charge in [0.1, 0.15) is 11.6 Å². The number of anilines is 1. The number of nitrogens with one attached hydrogen (secondary N) is 2. The van der Waals surface area contributed by atoms with Crippen LogP contribution in [0.25, 0.3) is 0 Å². The van der Waals surface area contributed by atoms with Crippen LogP contribution >= 0.6 is 0 Å². The van der Waals surface area contributed by atoms with E-state index in [9.17, 15) is 4.39 Å². The maximum absolute atomic E-state index is 13.5. The van der Waals surface area contributed by atoms with Gasteiger partial charge in [-0.1, -0.05) is 18.2 Å². The van der Waals surface area contributed by atoms with Crippen LogP contribution in [-0.4, -0.2) is 38.6 Å². The molecule has 0 unspecified atom stereocenters. The highest BCUT2D eigenvalue weighted by Gasteiger charge is 2.44. The summed E-state index contributed by atoms with van der Waals surface area (Å²) in [5, 5.41) is 6.67. The fourth-order valence-corrected chi connectivity index (χ4v) is 3.00. The first kappa shape index (κ1) is 18.2. The van der Waals surface area contributed by atoms with E-state index in [4.69, 9.17) is 0 Å². The molecule has 138 valence electrons. The van der Waals surface area contributed by atoms with Crippen LogP contribution in [0.1, 0.15) is 24.1 Å². The molecule has 1 aromatic heterocycles. The maximum atomic E-state index is 13.5. The largest absolute Gasteiger partial charge is 0.363 e. The minimum absolute atomic E-state index is 0.0167. The van der Waals surface area contributed by atoms with E-state index in [-0.39, 0.29) is 11.2 Å². The van der Waals surface area contributed by atoms with Gasteiger partial charge in [0.25, 0.3) is 0 Å². The molecule has 26 heavy (non-hydrogen) atoms. The molecule has 0 saturated heterocycles. The van der Waals surface area contributed by atoms with E-state index in [0.29, 0.717) is 6.54 Å². The number of aliphatic imine (C=N–C) groups is 1. The second kappa shape index (κ2) is 7.72. The topological polar surface area (TPSA) is 52.6 Å². The normalized spacial score (nSPS) is 15.5. The van der Waals surface area contributed by atoms with Crippen molar-refractivity contribution >= 4 is 11.8 Å². The third kappa shape index (κ3) is 4.31. The molecule has 1 fully saturated rings. The molecule has 3 rings (SSSR count). The summed E-state index contributed by atoms with van der Waals surface area (Å²) in [6, 6.07) is 12.9. The highest BCUT2D eigenvalue weighted by atomic mass is 19.1. The Kier molecular flexibility index (Phi) is 5.40. The summed E-state index contributed by atoms with van der Waals surface area (Å²) in [6.07, 6.45) is 2.12. The molecule has 1 aromatic carbocycles. The first-order valence-electron chi connectivity index (χ1n) is 8.86. The predicted octanol–water partition coefficient (Wildman–Crippen LogP) is 2.68. The molecule has 2 N–H and O–H groups in total. The summed E-state index contributed by atoms with van der Waals surface area (Å²) in [5.41, 5.74) is 2.02. The standard InChI is InChI=1S/C20H26FN5/c1-22-19(23-13-17-8-5-9-18(25-17)26(2)3)24-14-20(10-11-20)15-6-4-7-16(21)12-15/h4-9,12H,10-11,13-14H2,1-3H3,(H2,22,23,24). The molecule has 1 aliphatic rings. The minimum Gasteiger partial charge on any atom is -0.363 e. The molecule has 1 saturated carbocycles. The molecule has 1 aliphatic carbocycles. The number of pyridine rings is 1. The average molecular weight is 355 g/mol. The Morgan fingerprint density at radius 3 is 2.62 bits per heavy atom. The third-order valence-electron chi connectivity index (χ3n) is 4.80. The van der Waals surface area contributed by atoms with Crippen molar-refractivity contribution in [1.82, 2.24) is 15.6 Å². The molecule has 1 heterocycles. The van der Waals surface area contributed by atoms with Gasteiger partial charge in [0, 0.05) is 33.1 Å². The second-order valence-electron chi connectivity index (χ2n) is 6.95. The summed E-state index contributed by atoms with van der Waals surface area (Å²) >= 11 is 0. The number of guanidine groups is 1. The van der Waals surface area contributed by atoms with Gasteiger partial charge in [-0.3, -0.25) is 4.99 Å². The number of halogens is 1. The quantitative estimate of drug-likeness (QED) is 0.618. The zero-order chi connectivity index (χ0) is 18.6. The molecular formula is C20H26FN5. The van der Waals surface area contributed by atoms with Crippen molar-refractivity contribution in [2.24, 2.45) is 4.99 Å². The number of hydrogen-bond acceptors (Lipinski definition) is 3. The smallest absolute Gasteiger partial charge is 0.191 e. The lowest BCUT2D eigenvalue weighted by Crippen LogP contribution is -2.41. The third-order valence-corrected chi connectivity index (χ3v) is 4.80. The van der Waals surface area contributed by atoms with Crippen molar-refractivity contribution in [2.45, 2.75) is 24.8 Å². The highest BCUT2D eigenvalue weighted by Crippen LogP contribution is 2.47. The van der Waals surface area contributed by atoms with Crippen molar-refractivity contribution < 1.29 is 4.39 Å². The van der Waals surface area contributed by atoms with Gasteiger partial charge in [-0.2, -0.15) is 0 Å². The maximum Gasteiger partial charge on any atom is 0.191 e. The van der Waals surface area contributed by atoms with Crippen molar-refractivity contribution in [3.05, 3.63) is 59.5 Å². The number of aromatic nitrogens is 1. The fraction of sp³-hybridized carbons (Fsp3) is 0.400. The first-order chi connectivity index (χ1) is 12.5. The van der Waals surface area contributed by atoms with E-state index in [1.54, 1.807) is 19.2 Å². The zero-order valence-corrected chi connectivity index (χ0v) is 15.6. The molecule has 0 amide bonds. The molecular weight excluding hydrogens is 329 g/mol. The Bertz CT molecular complexity index is 783. The predicted molar refractivity (Wildman–Crippen MR) is 104 cm³/mol. The lowest BCUT2D eigenvalue weighted by atomic mass is 9.96. The van der Waals surface area contributed by atoms with Gasteiger partial charge in [-0.25, -0.2) is 9.37 Å². The monoisotopic (exact) mass is 355 g/mol. The summed E-state index contributed by atoms with van der Waals surface area (Å²) < 4.78 is 13.5. The van der Waals surface area contributed by atoms with Gasteiger partial charge < -0.3 is 15.5 Å². The van der Waals surface area contributed by atoms with Crippen LogP contribution < -0.4 is 15.5 Å². The Morgan fingerprint density at radius 1 is 1.19 bits per heavy atom. The minimum atomic E-state index is -0.178. The number of nitrogens with zero attached hydrogens (tertiary/aromatic N) is 3.